The fourth-order valence-corrected chi connectivity index (χ4v) is 3.67. The number of esters is 1. The van der Waals surface area contributed by atoms with Gasteiger partial charge in [0.05, 0.1) is 11.2 Å². The van der Waals surface area contributed by atoms with Gasteiger partial charge in [0.2, 0.25) is 10.0 Å². The van der Waals surface area contributed by atoms with Gasteiger partial charge in [-0.1, -0.05) is 11.6 Å². The van der Waals surface area contributed by atoms with Gasteiger partial charge in [0.1, 0.15) is 9.90 Å². The zero-order valence-corrected chi connectivity index (χ0v) is 17.4. The largest absolute Gasteiger partial charge is 0.451 e. The number of amides is 1. The van der Waals surface area contributed by atoms with Gasteiger partial charge in [-0.05, 0) is 30.7 Å². The molecule has 0 radical (unpaired) electrons. The number of halogens is 1. The fraction of sp³-hybridized carbons (Fsp3) is 0.250. The van der Waals surface area contributed by atoms with Crippen LogP contribution >= 0.6 is 22.9 Å². The highest BCUT2D eigenvalue weighted by atomic mass is 35.5. The number of ether oxygens (including phenoxy) is 1. The Labute approximate surface area is 175 Å². The van der Waals surface area contributed by atoms with E-state index in [2.05, 4.69) is 10.0 Å². The Balaban J connectivity index is 1.85. The molecule has 10 nitrogen and oxygen atoms in total. The van der Waals surface area contributed by atoms with E-state index in [0.717, 1.165) is 28.5 Å². The van der Waals surface area contributed by atoms with Crippen LogP contribution < -0.4 is 10.0 Å². The molecule has 0 spiro atoms. The van der Waals surface area contributed by atoms with Crippen molar-refractivity contribution in [1.29, 1.82) is 0 Å². The molecule has 0 saturated carbocycles. The van der Waals surface area contributed by atoms with E-state index < -0.39 is 33.4 Å². The predicted octanol–water partition coefficient (Wildman–Crippen LogP) is 2.20. The Hall–Kier alpha value is -2.54. The van der Waals surface area contributed by atoms with Gasteiger partial charge in [0.25, 0.3) is 11.6 Å². The third kappa shape index (κ3) is 7.42. The molecule has 13 heteroatoms. The van der Waals surface area contributed by atoms with Crippen molar-refractivity contribution >= 4 is 56.2 Å². The van der Waals surface area contributed by atoms with Crippen LogP contribution in [0.2, 0.25) is 5.02 Å². The van der Waals surface area contributed by atoms with E-state index in [9.17, 15) is 28.1 Å². The van der Waals surface area contributed by atoms with E-state index >= 15 is 0 Å². The number of carbonyl (C=O) groups excluding carboxylic acids is 2. The molecule has 0 unspecified atom stereocenters. The standard InChI is InChI=1S/C16H16ClN3O7S2/c1-29(25,26)18-7-6-11-3-5-14(28-11)16(22)27-9-15(21)19-10-2-4-12(17)13(8-10)20(23)24/h2-5,8,18H,6-7,9H2,1H3,(H,19,21). The molecular formula is C16H16ClN3O7S2. The van der Waals surface area contributed by atoms with Crippen LogP contribution in [0, 0.1) is 10.1 Å². The van der Waals surface area contributed by atoms with Crippen molar-refractivity contribution in [2.75, 3.05) is 24.7 Å². The first-order chi connectivity index (χ1) is 13.5. The van der Waals surface area contributed by atoms with Crippen LogP contribution in [0.4, 0.5) is 11.4 Å². The predicted molar refractivity (Wildman–Crippen MR) is 108 cm³/mol. The topological polar surface area (TPSA) is 145 Å². The quantitative estimate of drug-likeness (QED) is 0.330. The fourth-order valence-electron chi connectivity index (χ4n) is 2.11. The van der Waals surface area contributed by atoms with Crippen LogP contribution in [0.25, 0.3) is 0 Å². The summed E-state index contributed by atoms with van der Waals surface area (Å²) in [6.07, 6.45) is 1.46. The third-order valence-electron chi connectivity index (χ3n) is 3.36. The lowest BCUT2D eigenvalue weighted by molar-refractivity contribution is -0.384. The number of rotatable bonds is 9. The number of hydrogen-bond acceptors (Lipinski definition) is 8. The average Bonchev–Trinajstić information content (AvgIpc) is 3.09. The van der Waals surface area contributed by atoms with Crippen molar-refractivity contribution < 1.29 is 27.7 Å². The maximum atomic E-state index is 12.0. The summed E-state index contributed by atoms with van der Waals surface area (Å²) < 4.78 is 29.3. The highest BCUT2D eigenvalue weighted by molar-refractivity contribution is 7.88. The number of sulfonamides is 1. The first kappa shape index (κ1) is 22.7. The number of benzene rings is 1. The molecule has 1 aromatic carbocycles. The van der Waals surface area contributed by atoms with Crippen LogP contribution in [0.1, 0.15) is 14.5 Å². The summed E-state index contributed by atoms with van der Waals surface area (Å²) in [7, 11) is -3.28. The van der Waals surface area contributed by atoms with E-state index in [0.29, 0.717) is 6.42 Å². The van der Waals surface area contributed by atoms with E-state index in [1.165, 1.54) is 18.2 Å². The maximum absolute atomic E-state index is 12.0. The van der Waals surface area contributed by atoms with E-state index in [-0.39, 0.29) is 27.8 Å². The smallest absolute Gasteiger partial charge is 0.348 e. The zero-order valence-electron chi connectivity index (χ0n) is 15.0. The van der Waals surface area contributed by atoms with Gasteiger partial charge in [-0.25, -0.2) is 17.9 Å². The van der Waals surface area contributed by atoms with Crippen LogP contribution in [-0.4, -0.2) is 44.6 Å². The summed E-state index contributed by atoms with van der Waals surface area (Å²) in [5.41, 5.74) is -0.225. The molecule has 0 aliphatic carbocycles. The minimum atomic E-state index is -3.28. The monoisotopic (exact) mass is 461 g/mol. The van der Waals surface area contributed by atoms with Crippen LogP contribution in [0.5, 0.6) is 0 Å². The minimum Gasteiger partial charge on any atom is -0.451 e. The summed E-state index contributed by atoms with van der Waals surface area (Å²) >= 11 is 6.82. The molecule has 0 aliphatic heterocycles. The van der Waals surface area contributed by atoms with Crippen molar-refractivity contribution in [2.45, 2.75) is 6.42 Å². The Kier molecular flexibility index (Phi) is 7.67. The lowest BCUT2D eigenvalue weighted by Crippen LogP contribution is -2.24. The van der Waals surface area contributed by atoms with Gasteiger partial charge >= 0.3 is 5.97 Å². The second-order valence-electron chi connectivity index (χ2n) is 5.73. The first-order valence-electron chi connectivity index (χ1n) is 7.99. The number of thiophene rings is 1. The van der Waals surface area contributed by atoms with Gasteiger partial charge < -0.3 is 10.1 Å². The van der Waals surface area contributed by atoms with Gasteiger partial charge in [0.15, 0.2) is 6.61 Å². The highest BCUT2D eigenvalue weighted by Crippen LogP contribution is 2.27. The molecule has 2 rings (SSSR count). The summed E-state index contributed by atoms with van der Waals surface area (Å²) in [5, 5.41) is 13.2. The highest BCUT2D eigenvalue weighted by Gasteiger charge is 2.16. The SMILES string of the molecule is CS(=O)(=O)NCCc1ccc(C(=O)OCC(=O)Nc2ccc(Cl)c([N+](=O)[O-])c2)s1. The number of nitrogens with zero attached hydrogens (tertiary/aromatic N) is 1. The molecule has 1 amide bonds. The molecule has 1 heterocycles. The number of nitrogens with one attached hydrogen (secondary N) is 2. The van der Waals surface area contributed by atoms with Gasteiger partial charge in [-0.3, -0.25) is 14.9 Å². The molecule has 0 atom stereocenters. The minimum absolute atomic E-state index is 0.0698. The van der Waals surface area contributed by atoms with Crippen molar-refractivity contribution in [1.82, 2.24) is 4.72 Å². The first-order valence-corrected chi connectivity index (χ1v) is 11.1. The lowest BCUT2D eigenvalue weighted by atomic mass is 10.3. The Morgan fingerprint density at radius 2 is 2.00 bits per heavy atom. The molecule has 1 aromatic heterocycles. The molecule has 0 fully saturated rings. The Bertz CT molecular complexity index is 1040. The van der Waals surface area contributed by atoms with Crippen molar-refractivity contribution in [2.24, 2.45) is 0 Å². The number of nitro groups is 1. The molecule has 156 valence electrons. The van der Waals surface area contributed by atoms with Crippen LogP contribution in [0.3, 0.4) is 0 Å². The molecule has 2 N–H and O–H groups in total. The molecular weight excluding hydrogens is 446 g/mol. The van der Waals surface area contributed by atoms with E-state index in [1.54, 1.807) is 6.07 Å². The normalized spacial score (nSPS) is 11.1. The summed E-state index contributed by atoms with van der Waals surface area (Å²) in [4.78, 5) is 35.1. The van der Waals surface area contributed by atoms with E-state index in [1.807, 2.05) is 0 Å². The summed E-state index contributed by atoms with van der Waals surface area (Å²) in [5.74, 6) is -1.39. The second kappa shape index (κ2) is 9.78. The second-order valence-corrected chi connectivity index (χ2v) is 9.14. The molecule has 0 aliphatic rings. The van der Waals surface area contributed by atoms with E-state index in [4.69, 9.17) is 16.3 Å². The average molecular weight is 462 g/mol. The van der Waals surface area contributed by atoms with Crippen molar-refractivity contribution in [3.05, 3.63) is 55.2 Å². The Morgan fingerprint density at radius 1 is 1.28 bits per heavy atom. The molecule has 0 saturated heterocycles. The molecule has 0 bridgehead atoms. The summed E-state index contributed by atoms with van der Waals surface area (Å²) in [6.45, 7) is -0.387. The van der Waals surface area contributed by atoms with Crippen LogP contribution in [-0.2, 0) is 26.0 Å². The third-order valence-corrected chi connectivity index (χ3v) is 5.53. The van der Waals surface area contributed by atoms with Gasteiger partial charge in [0, 0.05) is 23.2 Å². The maximum Gasteiger partial charge on any atom is 0.348 e. The number of carbonyl (C=O) groups is 2. The number of anilines is 1. The van der Waals surface area contributed by atoms with Crippen molar-refractivity contribution in [3.63, 3.8) is 0 Å². The molecule has 29 heavy (non-hydrogen) atoms. The van der Waals surface area contributed by atoms with Gasteiger partial charge in [-0.15, -0.1) is 11.3 Å². The number of hydrogen-bond donors (Lipinski definition) is 2. The summed E-state index contributed by atoms with van der Waals surface area (Å²) in [6, 6.07) is 6.93. The Morgan fingerprint density at radius 3 is 2.66 bits per heavy atom. The molecule has 2 aromatic rings. The zero-order chi connectivity index (χ0) is 21.6. The van der Waals surface area contributed by atoms with Crippen molar-refractivity contribution in [3.8, 4) is 0 Å². The number of nitro benzene ring substituents is 1. The lowest BCUT2D eigenvalue weighted by Gasteiger charge is -2.06. The van der Waals surface area contributed by atoms with Gasteiger partial charge in [-0.2, -0.15) is 0 Å². The van der Waals surface area contributed by atoms with Crippen LogP contribution in [0.15, 0.2) is 30.3 Å².